The molecule has 0 saturated carbocycles. The van der Waals surface area contributed by atoms with Gasteiger partial charge in [-0.15, -0.1) is 0 Å². The van der Waals surface area contributed by atoms with Crippen LogP contribution in [0.5, 0.6) is 5.75 Å². The predicted molar refractivity (Wildman–Crippen MR) is 124 cm³/mol. The van der Waals surface area contributed by atoms with E-state index in [2.05, 4.69) is 28.5 Å². The monoisotopic (exact) mass is 413 g/mol. The first-order valence-electron chi connectivity index (χ1n) is 10.6. The standard InChI is InChI=1S/C26H27N3O2/c1-4-7-24(20-9-6-11-22(15-20)31-3)27-26(30)21-10-5-8-18(14-21)19-12-13-25-23(16-19)17(2)28-29-25/h5-6,8-16,24H,4,7H2,1-3H3,(H,27,30)(H,28,29). The van der Waals surface area contributed by atoms with Crippen molar-refractivity contribution < 1.29 is 9.53 Å². The molecule has 31 heavy (non-hydrogen) atoms. The second-order valence-electron chi connectivity index (χ2n) is 7.75. The van der Waals surface area contributed by atoms with Gasteiger partial charge in [0.25, 0.3) is 5.91 Å². The minimum atomic E-state index is -0.0799. The van der Waals surface area contributed by atoms with E-state index in [0.29, 0.717) is 5.56 Å². The SMILES string of the molecule is CCCC(NC(=O)c1cccc(-c2ccc3n[nH]c(C)c3c2)c1)c1cccc(OC)c1. The van der Waals surface area contributed by atoms with Crippen LogP contribution < -0.4 is 10.1 Å². The number of carbonyl (C=O) groups is 1. The molecule has 0 saturated heterocycles. The van der Waals surface area contributed by atoms with Crippen molar-refractivity contribution in [1.29, 1.82) is 0 Å². The molecule has 1 aromatic heterocycles. The summed E-state index contributed by atoms with van der Waals surface area (Å²) < 4.78 is 5.35. The second kappa shape index (κ2) is 9.04. The molecule has 1 amide bonds. The third-order valence-corrected chi connectivity index (χ3v) is 5.58. The highest BCUT2D eigenvalue weighted by atomic mass is 16.5. The van der Waals surface area contributed by atoms with Gasteiger partial charge in [-0.2, -0.15) is 5.10 Å². The van der Waals surface area contributed by atoms with Gasteiger partial charge in [-0.25, -0.2) is 0 Å². The zero-order chi connectivity index (χ0) is 21.8. The third kappa shape index (κ3) is 4.45. The summed E-state index contributed by atoms with van der Waals surface area (Å²) >= 11 is 0. The number of benzene rings is 3. The Labute approximate surface area is 182 Å². The van der Waals surface area contributed by atoms with Crippen molar-refractivity contribution in [3.05, 3.63) is 83.6 Å². The lowest BCUT2D eigenvalue weighted by Crippen LogP contribution is -2.28. The van der Waals surface area contributed by atoms with Gasteiger partial charge in [-0.05, 0) is 66.4 Å². The molecule has 0 radical (unpaired) electrons. The molecule has 0 aliphatic heterocycles. The van der Waals surface area contributed by atoms with Crippen LogP contribution in [-0.2, 0) is 0 Å². The molecule has 0 aliphatic rings. The van der Waals surface area contributed by atoms with Crippen molar-refractivity contribution in [2.75, 3.05) is 7.11 Å². The van der Waals surface area contributed by atoms with Crippen molar-refractivity contribution in [3.8, 4) is 16.9 Å². The van der Waals surface area contributed by atoms with Crippen molar-refractivity contribution in [1.82, 2.24) is 15.5 Å². The summed E-state index contributed by atoms with van der Waals surface area (Å²) in [5, 5.41) is 11.6. The highest BCUT2D eigenvalue weighted by molar-refractivity contribution is 5.96. The van der Waals surface area contributed by atoms with Crippen LogP contribution in [0, 0.1) is 6.92 Å². The van der Waals surface area contributed by atoms with Gasteiger partial charge >= 0.3 is 0 Å². The number of nitrogens with one attached hydrogen (secondary N) is 2. The van der Waals surface area contributed by atoms with E-state index < -0.39 is 0 Å². The predicted octanol–water partition coefficient (Wildman–Crippen LogP) is 5.82. The molecule has 2 N–H and O–H groups in total. The van der Waals surface area contributed by atoms with Crippen molar-refractivity contribution >= 4 is 16.8 Å². The molecular weight excluding hydrogens is 386 g/mol. The second-order valence-corrected chi connectivity index (χ2v) is 7.75. The summed E-state index contributed by atoms with van der Waals surface area (Å²) in [5.74, 6) is 0.712. The molecular formula is C26H27N3O2. The summed E-state index contributed by atoms with van der Waals surface area (Å²) in [6, 6.07) is 21.7. The van der Waals surface area contributed by atoms with E-state index in [1.807, 2.05) is 67.6 Å². The summed E-state index contributed by atoms with van der Waals surface area (Å²) in [6.07, 6.45) is 1.82. The van der Waals surface area contributed by atoms with Gasteiger partial charge < -0.3 is 10.1 Å². The number of aryl methyl sites for hydroxylation is 1. The average Bonchev–Trinajstić information content (AvgIpc) is 3.19. The fourth-order valence-electron chi connectivity index (χ4n) is 3.87. The van der Waals surface area contributed by atoms with Crippen LogP contribution in [0.1, 0.15) is 47.4 Å². The number of carbonyl (C=O) groups excluding carboxylic acids is 1. The summed E-state index contributed by atoms with van der Waals surface area (Å²) in [7, 11) is 1.65. The maximum Gasteiger partial charge on any atom is 0.251 e. The molecule has 1 unspecified atom stereocenters. The molecule has 3 aromatic carbocycles. The summed E-state index contributed by atoms with van der Waals surface area (Å²) in [5.41, 5.74) is 5.73. The van der Waals surface area contributed by atoms with Crippen LogP contribution in [0.25, 0.3) is 22.0 Å². The number of hydrogen-bond acceptors (Lipinski definition) is 3. The van der Waals surface area contributed by atoms with Crippen LogP contribution in [-0.4, -0.2) is 23.2 Å². The Hall–Kier alpha value is -3.60. The first-order valence-corrected chi connectivity index (χ1v) is 10.6. The van der Waals surface area contributed by atoms with Gasteiger partial charge in [0.1, 0.15) is 5.75 Å². The van der Waals surface area contributed by atoms with E-state index in [1.165, 1.54) is 0 Å². The molecule has 0 bridgehead atoms. The maximum atomic E-state index is 13.1. The van der Waals surface area contributed by atoms with Gasteiger partial charge in [0, 0.05) is 16.6 Å². The fourth-order valence-corrected chi connectivity index (χ4v) is 3.87. The quantitative estimate of drug-likeness (QED) is 0.401. The highest BCUT2D eigenvalue weighted by Crippen LogP contribution is 2.27. The number of methoxy groups -OCH3 is 1. The number of rotatable bonds is 7. The lowest BCUT2D eigenvalue weighted by Gasteiger charge is -2.19. The van der Waals surface area contributed by atoms with E-state index in [4.69, 9.17) is 4.74 Å². The molecule has 5 heteroatoms. The number of nitrogens with zero attached hydrogens (tertiary/aromatic N) is 1. The molecule has 0 aliphatic carbocycles. The molecule has 1 atom stereocenters. The highest BCUT2D eigenvalue weighted by Gasteiger charge is 2.16. The van der Waals surface area contributed by atoms with Crippen molar-refractivity contribution in [2.45, 2.75) is 32.7 Å². The lowest BCUT2D eigenvalue weighted by atomic mass is 9.99. The average molecular weight is 414 g/mol. The maximum absolute atomic E-state index is 13.1. The van der Waals surface area contributed by atoms with Gasteiger partial charge in [0.2, 0.25) is 0 Å². The van der Waals surface area contributed by atoms with E-state index in [1.54, 1.807) is 7.11 Å². The smallest absolute Gasteiger partial charge is 0.251 e. The Morgan fingerprint density at radius 2 is 1.87 bits per heavy atom. The van der Waals surface area contributed by atoms with Crippen molar-refractivity contribution in [2.24, 2.45) is 0 Å². The number of hydrogen-bond donors (Lipinski definition) is 2. The number of amides is 1. The number of ether oxygens (including phenoxy) is 1. The van der Waals surface area contributed by atoms with E-state index in [9.17, 15) is 4.79 Å². The summed E-state index contributed by atoms with van der Waals surface area (Å²) in [6.45, 7) is 4.13. The third-order valence-electron chi connectivity index (χ3n) is 5.58. The largest absolute Gasteiger partial charge is 0.497 e. The van der Waals surface area contributed by atoms with Crippen LogP contribution in [0.4, 0.5) is 0 Å². The van der Waals surface area contributed by atoms with Crippen LogP contribution in [0.15, 0.2) is 66.7 Å². The molecule has 5 nitrogen and oxygen atoms in total. The zero-order valence-corrected chi connectivity index (χ0v) is 18.1. The van der Waals surface area contributed by atoms with E-state index >= 15 is 0 Å². The normalized spacial score (nSPS) is 12.0. The number of aromatic amines is 1. The lowest BCUT2D eigenvalue weighted by molar-refractivity contribution is 0.0934. The fraction of sp³-hybridized carbons (Fsp3) is 0.231. The van der Waals surface area contributed by atoms with Crippen LogP contribution >= 0.6 is 0 Å². The van der Waals surface area contributed by atoms with Gasteiger partial charge in [0.15, 0.2) is 0 Å². The molecule has 4 aromatic rings. The van der Waals surface area contributed by atoms with Gasteiger partial charge in [-0.3, -0.25) is 9.89 Å². The Morgan fingerprint density at radius 3 is 2.68 bits per heavy atom. The zero-order valence-electron chi connectivity index (χ0n) is 18.1. The van der Waals surface area contributed by atoms with Crippen LogP contribution in [0.2, 0.25) is 0 Å². The van der Waals surface area contributed by atoms with E-state index in [0.717, 1.165) is 51.9 Å². The number of H-pyrrole nitrogens is 1. The molecule has 1 heterocycles. The van der Waals surface area contributed by atoms with E-state index in [-0.39, 0.29) is 11.9 Å². The molecule has 0 spiro atoms. The van der Waals surface area contributed by atoms with Crippen LogP contribution in [0.3, 0.4) is 0 Å². The Bertz CT molecular complexity index is 1210. The first-order chi connectivity index (χ1) is 15.1. The summed E-state index contributed by atoms with van der Waals surface area (Å²) in [4.78, 5) is 13.1. The minimum absolute atomic E-state index is 0.0683. The molecule has 158 valence electrons. The van der Waals surface area contributed by atoms with Crippen molar-refractivity contribution in [3.63, 3.8) is 0 Å². The number of aromatic nitrogens is 2. The molecule has 4 rings (SSSR count). The number of fused-ring (bicyclic) bond motifs is 1. The van der Waals surface area contributed by atoms with Gasteiger partial charge in [0.05, 0.1) is 18.7 Å². The Morgan fingerprint density at radius 1 is 1.06 bits per heavy atom. The minimum Gasteiger partial charge on any atom is -0.497 e. The first kappa shape index (κ1) is 20.7. The topological polar surface area (TPSA) is 67.0 Å². The Kier molecular flexibility index (Phi) is 6.03. The molecule has 0 fully saturated rings. The van der Waals surface area contributed by atoms with Gasteiger partial charge in [-0.1, -0.05) is 43.7 Å². The Balaban J connectivity index is 1.59.